The van der Waals surface area contributed by atoms with E-state index in [1.54, 1.807) is 48.5 Å². The molecule has 0 radical (unpaired) electrons. The van der Waals surface area contributed by atoms with E-state index in [2.05, 4.69) is 26.6 Å². The molecule has 1 aromatic carbocycles. The summed E-state index contributed by atoms with van der Waals surface area (Å²) in [6, 6.07) is 9.64. The standard InChI is InChI=1S/C29H31N5O8S/c35-24-9-10-25(36)32-22(15-20-4-2-12-43-20)27(38)30-16-26(37)33-21(14-19-3-1-11-42-19)28(39)34-23(29(40)41)13-17-5-7-18(31-24)8-6-17/h1-8,11-12,21-23H,9-10,13-16H2,(H,30,38)(H,31,35)(H,32,36)(H,33,37)(H,34,39)(H,40,41)/t21-,22-,23+/m1/s1. The minimum absolute atomic E-state index is 0.0709. The zero-order valence-corrected chi connectivity index (χ0v) is 23.8. The number of nitrogens with one attached hydrogen (secondary N) is 5. The highest BCUT2D eigenvalue weighted by Gasteiger charge is 2.29. The van der Waals surface area contributed by atoms with Crippen molar-refractivity contribution in [1.82, 2.24) is 21.3 Å². The van der Waals surface area contributed by atoms with Gasteiger partial charge in [0.1, 0.15) is 23.9 Å². The van der Waals surface area contributed by atoms with E-state index in [1.165, 1.54) is 17.6 Å². The van der Waals surface area contributed by atoms with Crippen molar-refractivity contribution < 1.29 is 38.3 Å². The Morgan fingerprint density at radius 2 is 1.56 bits per heavy atom. The molecule has 2 bridgehead atoms. The van der Waals surface area contributed by atoms with E-state index in [0.29, 0.717) is 17.0 Å². The number of benzene rings is 1. The lowest BCUT2D eigenvalue weighted by molar-refractivity contribution is -0.142. The predicted molar refractivity (Wildman–Crippen MR) is 155 cm³/mol. The molecule has 0 spiro atoms. The van der Waals surface area contributed by atoms with Crippen LogP contribution in [-0.4, -0.2) is 65.3 Å². The lowest BCUT2D eigenvalue weighted by Crippen LogP contribution is -2.55. The number of thiophene rings is 1. The third kappa shape index (κ3) is 9.53. The second kappa shape index (κ2) is 14.8. The maximum Gasteiger partial charge on any atom is 0.326 e. The van der Waals surface area contributed by atoms with Crippen molar-refractivity contribution >= 4 is 52.5 Å². The highest BCUT2D eigenvalue weighted by molar-refractivity contribution is 7.09. The highest BCUT2D eigenvalue weighted by atomic mass is 32.1. The SMILES string of the molecule is O=C1CCC(=O)N[C@H](Cc2cccs2)C(=O)NCC(=O)N[C@H](Cc2ccco2)C(=O)N[C@H](C(=O)O)Cc2ccc(cc2)N1. The minimum atomic E-state index is -1.33. The van der Waals surface area contributed by atoms with Crippen LogP contribution in [0.4, 0.5) is 5.69 Å². The van der Waals surface area contributed by atoms with E-state index in [0.717, 1.165) is 4.88 Å². The van der Waals surface area contributed by atoms with Crippen LogP contribution >= 0.6 is 11.3 Å². The van der Waals surface area contributed by atoms with Crippen molar-refractivity contribution in [2.75, 3.05) is 11.9 Å². The molecule has 5 amide bonds. The first kappa shape index (κ1) is 31.0. The smallest absolute Gasteiger partial charge is 0.326 e. The molecule has 2 aliphatic heterocycles. The monoisotopic (exact) mass is 609 g/mol. The lowest BCUT2D eigenvalue weighted by Gasteiger charge is -2.22. The Labute approximate surface area is 250 Å². The Morgan fingerprint density at radius 3 is 2.23 bits per heavy atom. The molecule has 5 rings (SSSR count). The number of fused-ring (bicyclic) bond motifs is 18. The molecule has 0 unspecified atom stereocenters. The van der Waals surface area contributed by atoms with Crippen LogP contribution in [-0.2, 0) is 48.0 Å². The summed E-state index contributed by atoms with van der Waals surface area (Å²) in [7, 11) is 0. The van der Waals surface area contributed by atoms with E-state index >= 15 is 0 Å². The van der Waals surface area contributed by atoms with E-state index in [4.69, 9.17) is 4.42 Å². The molecule has 3 aromatic rings. The highest BCUT2D eigenvalue weighted by Crippen LogP contribution is 2.14. The molecular formula is C29H31N5O8S. The number of aliphatic carboxylic acids is 1. The number of carboxylic acid groups (broad SMARTS) is 1. The number of rotatable bonds is 5. The van der Waals surface area contributed by atoms with Crippen LogP contribution < -0.4 is 26.6 Å². The Kier molecular flexibility index (Phi) is 10.6. The first-order valence-corrected chi connectivity index (χ1v) is 14.4. The van der Waals surface area contributed by atoms with E-state index in [1.807, 2.05) is 5.38 Å². The summed E-state index contributed by atoms with van der Waals surface area (Å²) >= 11 is 1.39. The van der Waals surface area contributed by atoms with E-state index in [9.17, 15) is 33.9 Å². The van der Waals surface area contributed by atoms with Gasteiger partial charge in [-0.1, -0.05) is 18.2 Å². The van der Waals surface area contributed by atoms with Gasteiger partial charge in [-0.3, -0.25) is 24.0 Å². The van der Waals surface area contributed by atoms with Gasteiger partial charge in [-0.05, 0) is 41.3 Å². The largest absolute Gasteiger partial charge is 0.480 e. The number of furan rings is 1. The molecular weight excluding hydrogens is 578 g/mol. The summed E-state index contributed by atoms with van der Waals surface area (Å²) < 4.78 is 5.32. The zero-order valence-electron chi connectivity index (χ0n) is 23.0. The van der Waals surface area contributed by atoms with Crippen LogP contribution in [0.3, 0.4) is 0 Å². The van der Waals surface area contributed by atoms with Gasteiger partial charge in [0.05, 0.1) is 12.8 Å². The fourth-order valence-electron chi connectivity index (χ4n) is 4.36. The summed E-state index contributed by atoms with van der Waals surface area (Å²) in [5.74, 6) is -3.97. The number of anilines is 1. The lowest BCUT2D eigenvalue weighted by atomic mass is 10.0. The topological polar surface area (TPSA) is 196 Å². The number of carbonyl (C=O) groups excluding carboxylic acids is 5. The van der Waals surface area contributed by atoms with Gasteiger partial charge in [-0.2, -0.15) is 0 Å². The molecule has 0 aliphatic carbocycles. The van der Waals surface area contributed by atoms with E-state index < -0.39 is 60.2 Å². The molecule has 0 fully saturated rings. The Hall–Kier alpha value is -4.98. The van der Waals surface area contributed by atoms with Crippen LogP contribution in [0, 0.1) is 0 Å². The molecule has 13 nitrogen and oxygen atoms in total. The molecule has 4 heterocycles. The number of hydrogen-bond acceptors (Lipinski definition) is 8. The molecule has 3 atom stereocenters. The van der Waals surface area contributed by atoms with Crippen molar-refractivity contribution in [2.24, 2.45) is 0 Å². The molecule has 226 valence electrons. The van der Waals surface area contributed by atoms with Gasteiger partial charge in [0, 0.05) is 42.7 Å². The predicted octanol–water partition coefficient (Wildman–Crippen LogP) is 0.757. The molecule has 14 heteroatoms. The third-order valence-corrected chi connectivity index (χ3v) is 7.47. The van der Waals surface area contributed by atoms with Crippen molar-refractivity contribution in [3.05, 3.63) is 76.4 Å². The van der Waals surface area contributed by atoms with Crippen LogP contribution in [0.1, 0.15) is 29.0 Å². The normalized spacial score (nSPS) is 21.0. The molecule has 2 aliphatic rings. The Morgan fingerprint density at radius 1 is 0.837 bits per heavy atom. The number of carbonyl (C=O) groups is 6. The van der Waals surface area contributed by atoms with Gasteiger partial charge in [0.2, 0.25) is 29.5 Å². The molecule has 0 saturated carbocycles. The quantitative estimate of drug-likeness (QED) is 0.228. The van der Waals surface area contributed by atoms with E-state index in [-0.39, 0.29) is 32.1 Å². The van der Waals surface area contributed by atoms with Crippen molar-refractivity contribution in [3.63, 3.8) is 0 Å². The van der Waals surface area contributed by atoms with Crippen LogP contribution in [0.2, 0.25) is 0 Å². The van der Waals surface area contributed by atoms with Crippen molar-refractivity contribution in [1.29, 1.82) is 0 Å². The van der Waals surface area contributed by atoms with Gasteiger partial charge in [0.15, 0.2) is 0 Å². The number of carboxylic acids is 1. The minimum Gasteiger partial charge on any atom is -0.480 e. The second-order valence-corrected chi connectivity index (χ2v) is 10.9. The fourth-order valence-corrected chi connectivity index (χ4v) is 5.12. The van der Waals surface area contributed by atoms with Gasteiger partial charge >= 0.3 is 5.97 Å². The maximum absolute atomic E-state index is 13.2. The molecule has 0 saturated heterocycles. The summed E-state index contributed by atoms with van der Waals surface area (Å²) in [5.41, 5.74) is 1.01. The first-order valence-electron chi connectivity index (χ1n) is 13.5. The van der Waals surface area contributed by atoms with Gasteiger partial charge in [-0.15, -0.1) is 11.3 Å². The third-order valence-electron chi connectivity index (χ3n) is 6.57. The van der Waals surface area contributed by atoms with Crippen LogP contribution in [0.5, 0.6) is 0 Å². The van der Waals surface area contributed by atoms with Gasteiger partial charge in [-0.25, -0.2) is 4.79 Å². The number of hydrogen-bond donors (Lipinski definition) is 6. The summed E-state index contributed by atoms with van der Waals surface area (Å²) in [5, 5.41) is 24.4. The fraction of sp³-hybridized carbons (Fsp3) is 0.310. The second-order valence-electron chi connectivity index (χ2n) is 9.87. The van der Waals surface area contributed by atoms with Crippen molar-refractivity contribution in [2.45, 2.75) is 50.2 Å². The average molecular weight is 610 g/mol. The maximum atomic E-state index is 13.2. The van der Waals surface area contributed by atoms with Crippen molar-refractivity contribution in [3.8, 4) is 0 Å². The average Bonchev–Trinajstić information content (AvgIpc) is 3.69. The zero-order chi connectivity index (χ0) is 30.8. The summed E-state index contributed by atoms with van der Waals surface area (Å²) in [6.07, 6.45) is 1.09. The molecule has 2 aromatic heterocycles. The van der Waals surface area contributed by atoms with Gasteiger partial charge < -0.3 is 36.1 Å². The molecule has 6 N–H and O–H groups in total. The first-order chi connectivity index (χ1) is 20.7. The van der Waals surface area contributed by atoms with Crippen LogP contribution in [0.15, 0.2) is 64.6 Å². The summed E-state index contributed by atoms with van der Waals surface area (Å²) in [6.45, 7) is -0.519. The van der Waals surface area contributed by atoms with Gasteiger partial charge in [0.25, 0.3) is 0 Å². The van der Waals surface area contributed by atoms with Crippen LogP contribution in [0.25, 0.3) is 0 Å². The Balaban J connectivity index is 1.57. The Bertz CT molecular complexity index is 1440. The number of amides is 5. The molecule has 43 heavy (non-hydrogen) atoms. The summed E-state index contributed by atoms with van der Waals surface area (Å²) in [4.78, 5) is 77.1.